The number of halogens is 1. The average Bonchev–Trinajstić information content (AvgIpc) is 2.32. The molecule has 2 unspecified atom stereocenters. The molecule has 2 rings (SSSR count). The van der Waals surface area contributed by atoms with Gasteiger partial charge in [-0.2, -0.15) is 0 Å². The third-order valence-electron chi connectivity index (χ3n) is 3.57. The third kappa shape index (κ3) is 2.89. The molecule has 0 amide bonds. The van der Waals surface area contributed by atoms with E-state index in [1.807, 2.05) is 7.05 Å². The lowest BCUT2D eigenvalue weighted by molar-refractivity contribution is 0.335. The van der Waals surface area contributed by atoms with Crippen molar-refractivity contribution in [2.45, 2.75) is 45.4 Å². The summed E-state index contributed by atoms with van der Waals surface area (Å²) < 4.78 is 1.14. The van der Waals surface area contributed by atoms with E-state index in [4.69, 9.17) is 0 Å². The molecule has 0 saturated heterocycles. The zero-order valence-electron chi connectivity index (χ0n) is 10.8. The van der Waals surface area contributed by atoms with Crippen molar-refractivity contribution in [3.63, 3.8) is 0 Å². The minimum absolute atomic E-state index is 0.557. The van der Waals surface area contributed by atoms with Gasteiger partial charge in [-0.25, -0.2) is 9.97 Å². The highest BCUT2D eigenvalue weighted by Crippen LogP contribution is 2.35. The highest BCUT2D eigenvalue weighted by atomic mass is 127. The number of rotatable bonds is 2. The van der Waals surface area contributed by atoms with Crippen molar-refractivity contribution >= 4 is 28.4 Å². The molecule has 1 heterocycles. The smallest absolute Gasteiger partial charge is 0.143 e. The van der Waals surface area contributed by atoms with Crippen molar-refractivity contribution in [1.82, 2.24) is 9.97 Å². The summed E-state index contributed by atoms with van der Waals surface area (Å²) in [4.78, 5) is 9.36. The maximum atomic E-state index is 4.68. The number of anilines is 1. The Bertz CT molecular complexity index is 406. The molecule has 0 aromatic carbocycles. The van der Waals surface area contributed by atoms with Gasteiger partial charge in [-0.3, -0.25) is 0 Å². The normalized spacial score (nSPS) is 24.7. The van der Waals surface area contributed by atoms with Gasteiger partial charge < -0.3 is 5.32 Å². The van der Waals surface area contributed by atoms with Gasteiger partial charge in [0.25, 0.3) is 0 Å². The molecule has 2 atom stereocenters. The summed E-state index contributed by atoms with van der Waals surface area (Å²) in [7, 11) is 1.93. The minimum atomic E-state index is 0.557. The zero-order valence-corrected chi connectivity index (χ0v) is 12.9. The van der Waals surface area contributed by atoms with Crippen LogP contribution in [-0.4, -0.2) is 17.0 Å². The standard InChI is InChI=1S/C13H20IN3/c1-8-5-4-6-10(7-8)12-16-9(2)11(14)13(15-3)17-12/h8,10H,4-7H2,1-3H3,(H,15,16,17). The number of aryl methyl sites for hydroxylation is 1. The minimum Gasteiger partial charge on any atom is -0.372 e. The summed E-state index contributed by atoms with van der Waals surface area (Å²) in [6.45, 7) is 4.41. The first-order valence-corrected chi connectivity index (χ1v) is 7.41. The predicted octanol–water partition coefficient (Wildman–Crippen LogP) is 3.73. The van der Waals surface area contributed by atoms with Crippen molar-refractivity contribution in [3.8, 4) is 0 Å². The SMILES string of the molecule is CNc1nc(C2CCCC(C)C2)nc(C)c1I. The molecular weight excluding hydrogens is 325 g/mol. The Morgan fingerprint density at radius 2 is 2.06 bits per heavy atom. The van der Waals surface area contributed by atoms with Crippen molar-refractivity contribution in [1.29, 1.82) is 0 Å². The molecule has 1 fully saturated rings. The Kier molecular flexibility index (Phi) is 4.22. The zero-order chi connectivity index (χ0) is 12.4. The molecule has 0 aliphatic heterocycles. The average molecular weight is 345 g/mol. The Morgan fingerprint density at radius 3 is 2.71 bits per heavy atom. The molecule has 3 nitrogen and oxygen atoms in total. The predicted molar refractivity (Wildman–Crippen MR) is 79.4 cm³/mol. The van der Waals surface area contributed by atoms with Gasteiger partial charge in [0.2, 0.25) is 0 Å². The van der Waals surface area contributed by atoms with Crippen LogP contribution in [0, 0.1) is 16.4 Å². The Hall–Kier alpha value is -0.390. The van der Waals surface area contributed by atoms with E-state index in [0.717, 1.165) is 26.8 Å². The van der Waals surface area contributed by atoms with E-state index < -0.39 is 0 Å². The molecule has 1 aromatic rings. The summed E-state index contributed by atoms with van der Waals surface area (Å²) in [6, 6.07) is 0. The van der Waals surface area contributed by atoms with E-state index in [-0.39, 0.29) is 0 Å². The van der Waals surface area contributed by atoms with Gasteiger partial charge in [-0.05, 0) is 48.3 Å². The summed E-state index contributed by atoms with van der Waals surface area (Å²) >= 11 is 2.31. The topological polar surface area (TPSA) is 37.8 Å². The highest BCUT2D eigenvalue weighted by molar-refractivity contribution is 14.1. The van der Waals surface area contributed by atoms with Gasteiger partial charge in [-0.1, -0.05) is 19.8 Å². The van der Waals surface area contributed by atoms with Gasteiger partial charge in [-0.15, -0.1) is 0 Å². The van der Waals surface area contributed by atoms with Crippen LogP contribution in [-0.2, 0) is 0 Å². The second-order valence-electron chi connectivity index (χ2n) is 5.05. The van der Waals surface area contributed by atoms with Crippen LogP contribution in [0.5, 0.6) is 0 Å². The van der Waals surface area contributed by atoms with Gasteiger partial charge in [0.1, 0.15) is 11.6 Å². The number of nitrogens with zero attached hydrogens (tertiary/aromatic N) is 2. The van der Waals surface area contributed by atoms with E-state index in [1.54, 1.807) is 0 Å². The van der Waals surface area contributed by atoms with E-state index in [0.29, 0.717) is 5.92 Å². The Labute approximate surface area is 117 Å². The lowest BCUT2D eigenvalue weighted by Gasteiger charge is -2.26. The van der Waals surface area contributed by atoms with Crippen molar-refractivity contribution in [2.24, 2.45) is 5.92 Å². The van der Waals surface area contributed by atoms with Crippen LogP contribution >= 0.6 is 22.6 Å². The first-order valence-electron chi connectivity index (χ1n) is 6.33. The van der Waals surface area contributed by atoms with Gasteiger partial charge in [0.05, 0.1) is 9.26 Å². The molecule has 94 valence electrons. The van der Waals surface area contributed by atoms with Crippen LogP contribution in [0.25, 0.3) is 0 Å². The lowest BCUT2D eigenvalue weighted by Crippen LogP contribution is -2.16. The quantitative estimate of drug-likeness (QED) is 0.830. The molecule has 1 saturated carbocycles. The molecule has 0 radical (unpaired) electrons. The summed E-state index contributed by atoms with van der Waals surface area (Å²) in [5.41, 5.74) is 1.10. The third-order valence-corrected chi connectivity index (χ3v) is 4.86. The molecular formula is C13H20IN3. The Balaban J connectivity index is 2.29. The second-order valence-corrected chi connectivity index (χ2v) is 6.13. The van der Waals surface area contributed by atoms with Gasteiger partial charge in [0.15, 0.2) is 0 Å². The summed E-state index contributed by atoms with van der Waals surface area (Å²) in [6.07, 6.45) is 5.16. The molecule has 0 spiro atoms. The van der Waals surface area contributed by atoms with E-state index >= 15 is 0 Å². The van der Waals surface area contributed by atoms with Crippen LogP contribution in [0.2, 0.25) is 0 Å². The van der Waals surface area contributed by atoms with Crippen molar-refractivity contribution in [2.75, 3.05) is 12.4 Å². The molecule has 1 aliphatic carbocycles. The van der Waals surface area contributed by atoms with Crippen LogP contribution in [0.1, 0.15) is 50.0 Å². The van der Waals surface area contributed by atoms with Crippen LogP contribution in [0.4, 0.5) is 5.82 Å². The first kappa shape index (κ1) is 13.1. The molecule has 1 aliphatic rings. The van der Waals surface area contributed by atoms with E-state index in [2.05, 4.69) is 51.7 Å². The highest BCUT2D eigenvalue weighted by Gasteiger charge is 2.23. The number of hydrogen-bond acceptors (Lipinski definition) is 3. The van der Waals surface area contributed by atoms with Crippen molar-refractivity contribution < 1.29 is 0 Å². The molecule has 1 N–H and O–H groups in total. The molecule has 0 bridgehead atoms. The maximum Gasteiger partial charge on any atom is 0.143 e. The summed E-state index contributed by atoms with van der Waals surface area (Å²) in [5, 5.41) is 3.17. The summed E-state index contributed by atoms with van der Waals surface area (Å²) in [5.74, 6) is 3.39. The first-order chi connectivity index (χ1) is 8.11. The fraction of sp³-hybridized carbons (Fsp3) is 0.692. The second kappa shape index (κ2) is 5.50. The fourth-order valence-corrected chi connectivity index (χ4v) is 3.11. The van der Waals surface area contributed by atoms with Gasteiger partial charge in [0, 0.05) is 13.0 Å². The number of aromatic nitrogens is 2. The molecule has 4 heteroatoms. The number of hydrogen-bond donors (Lipinski definition) is 1. The number of nitrogens with one attached hydrogen (secondary N) is 1. The van der Waals surface area contributed by atoms with Gasteiger partial charge >= 0.3 is 0 Å². The van der Waals surface area contributed by atoms with Crippen LogP contribution in [0.15, 0.2) is 0 Å². The monoisotopic (exact) mass is 345 g/mol. The van der Waals surface area contributed by atoms with E-state index in [9.17, 15) is 0 Å². The molecule has 1 aromatic heterocycles. The van der Waals surface area contributed by atoms with Crippen LogP contribution in [0.3, 0.4) is 0 Å². The maximum absolute atomic E-state index is 4.68. The molecule has 17 heavy (non-hydrogen) atoms. The van der Waals surface area contributed by atoms with Crippen molar-refractivity contribution in [3.05, 3.63) is 15.1 Å². The Morgan fingerprint density at radius 1 is 1.29 bits per heavy atom. The largest absolute Gasteiger partial charge is 0.372 e. The lowest BCUT2D eigenvalue weighted by atomic mass is 9.82. The van der Waals surface area contributed by atoms with Crippen LogP contribution < -0.4 is 5.32 Å². The van der Waals surface area contributed by atoms with E-state index in [1.165, 1.54) is 25.7 Å². The fourth-order valence-electron chi connectivity index (χ4n) is 2.60.